The maximum atomic E-state index is 13.1. The summed E-state index contributed by atoms with van der Waals surface area (Å²) in [6.45, 7) is 6.48. The third-order valence-electron chi connectivity index (χ3n) is 4.80. The number of benzene rings is 1. The number of furan rings is 1. The van der Waals surface area contributed by atoms with Crippen molar-refractivity contribution in [3.63, 3.8) is 0 Å². The van der Waals surface area contributed by atoms with Gasteiger partial charge in [-0.15, -0.1) is 0 Å². The number of carbonyl (C=O) groups is 1. The molecular weight excluding hydrogens is 306 g/mol. The van der Waals surface area contributed by atoms with Crippen LogP contribution in [0.5, 0.6) is 0 Å². The first-order valence-electron chi connectivity index (χ1n) is 8.16. The van der Waals surface area contributed by atoms with Crippen molar-refractivity contribution in [3.05, 3.63) is 46.5 Å². The van der Waals surface area contributed by atoms with E-state index >= 15 is 0 Å². The van der Waals surface area contributed by atoms with Crippen molar-refractivity contribution in [1.29, 1.82) is 0 Å². The summed E-state index contributed by atoms with van der Waals surface area (Å²) in [5, 5.41) is 8.82. The van der Waals surface area contributed by atoms with Crippen molar-refractivity contribution < 1.29 is 13.8 Å². The zero-order valence-corrected chi connectivity index (χ0v) is 14.0. The van der Waals surface area contributed by atoms with Gasteiger partial charge in [-0.1, -0.05) is 22.4 Å². The molecule has 6 heteroatoms. The van der Waals surface area contributed by atoms with Crippen LogP contribution in [0, 0.1) is 20.8 Å². The Kier molecular flexibility index (Phi) is 3.40. The topological polar surface area (TPSA) is 72.4 Å². The zero-order chi connectivity index (χ0) is 16.8. The molecule has 1 atom stereocenters. The molecule has 0 N–H and O–H groups in total. The number of hydrogen-bond acceptors (Lipinski definition) is 5. The molecule has 1 aromatic carbocycles. The van der Waals surface area contributed by atoms with Crippen LogP contribution in [0.2, 0.25) is 0 Å². The van der Waals surface area contributed by atoms with Crippen LogP contribution in [0.15, 0.2) is 27.2 Å². The lowest BCUT2D eigenvalue weighted by Gasteiger charge is -2.22. The Morgan fingerprint density at radius 2 is 2.08 bits per heavy atom. The molecule has 2 aromatic heterocycles. The summed E-state index contributed by atoms with van der Waals surface area (Å²) >= 11 is 0. The molecule has 0 bridgehead atoms. The Hall–Kier alpha value is -2.63. The number of amides is 1. The molecule has 3 aromatic rings. The average molecular weight is 325 g/mol. The van der Waals surface area contributed by atoms with Gasteiger partial charge in [-0.2, -0.15) is 0 Å². The fourth-order valence-corrected chi connectivity index (χ4v) is 3.50. The van der Waals surface area contributed by atoms with E-state index in [1.165, 1.54) is 0 Å². The number of fused-ring (bicyclic) bond motifs is 1. The molecule has 0 unspecified atom stereocenters. The second-order valence-electron chi connectivity index (χ2n) is 6.45. The minimum Gasteiger partial charge on any atom is -0.451 e. The molecule has 124 valence electrons. The van der Waals surface area contributed by atoms with Gasteiger partial charge in [0.2, 0.25) is 0 Å². The highest BCUT2D eigenvalue weighted by Crippen LogP contribution is 2.35. The highest BCUT2D eigenvalue weighted by atomic mass is 16.6. The number of likely N-dealkylation sites (tertiary alicyclic amines) is 1. The molecule has 1 saturated heterocycles. The monoisotopic (exact) mass is 325 g/mol. The zero-order valence-electron chi connectivity index (χ0n) is 14.0. The van der Waals surface area contributed by atoms with Crippen LogP contribution in [-0.4, -0.2) is 27.7 Å². The van der Waals surface area contributed by atoms with Gasteiger partial charge in [0.1, 0.15) is 17.0 Å². The Bertz CT molecular complexity index is 925. The van der Waals surface area contributed by atoms with Crippen molar-refractivity contribution in [3.8, 4) is 0 Å². The standard InChI is InChI=1S/C18H19N3O3/c1-10-6-7-13-11(2)17(23-15(13)9-10)18(22)21-8-4-5-14(21)16-12(3)19-24-20-16/h6-7,9,14H,4-5,8H2,1-3H3/t14-/m1/s1. The molecule has 1 aliphatic heterocycles. The van der Waals surface area contributed by atoms with Gasteiger partial charge in [0, 0.05) is 17.5 Å². The van der Waals surface area contributed by atoms with Gasteiger partial charge >= 0.3 is 0 Å². The van der Waals surface area contributed by atoms with Gasteiger partial charge in [-0.3, -0.25) is 4.79 Å². The molecule has 0 radical (unpaired) electrons. The number of rotatable bonds is 2. The van der Waals surface area contributed by atoms with E-state index in [1.807, 2.05) is 43.9 Å². The maximum Gasteiger partial charge on any atom is 0.290 e. The summed E-state index contributed by atoms with van der Waals surface area (Å²) < 4.78 is 10.7. The van der Waals surface area contributed by atoms with E-state index in [-0.39, 0.29) is 11.9 Å². The SMILES string of the molecule is Cc1ccc2c(C)c(C(=O)N3CCC[C@@H]3c3nonc3C)oc2c1. The van der Waals surface area contributed by atoms with Gasteiger partial charge in [0.15, 0.2) is 5.76 Å². The normalized spacial score (nSPS) is 17.8. The molecule has 0 saturated carbocycles. The van der Waals surface area contributed by atoms with Crippen molar-refractivity contribution in [2.75, 3.05) is 6.54 Å². The summed E-state index contributed by atoms with van der Waals surface area (Å²) in [7, 11) is 0. The average Bonchev–Trinajstić information content (AvgIpc) is 3.25. The molecule has 1 amide bonds. The van der Waals surface area contributed by atoms with Crippen LogP contribution < -0.4 is 0 Å². The van der Waals surface area contributed by atoms with Crippen molar-refractivity contribution >= 4 is 16.9 Å². The Morgan fingerprint density at radius 1 is 1.25 bits per heavy atom. The lowest BCUT2D eigenvalue weighted by Crippen LogP contribution is -2.31. The fraction of sp³-hybridized carbons (Fsp3) is 0.389. The second kappa shape index (κ2) is 5.47. The van der Waals surface area contributed by atoms with E-state index < -0.39 is 0 Å². The number of hydrogen-bond donors (Lipinski definition) is 0. The van der Waals surface area contributed by atoms with E-state index in [2.05, 4.69) is 10.3 Å². The van der Waals surface area contributed by atoms with E-state index in [0.29, 0.717) is 12.3 Å². The summed E-state index contributed by atoms with van der Waals surface area (Å²) in [5.41, 5.74) is 4.22. The number of aromatic nitrogens is 2. The van der Waals surface area contributed by atoms with Crippen LogP contribution >= 0.6 is 0 Å². The van der Waals surface area contributed by atoms with E-state index in [4.69, 9.17) is 9.05 Å². The summed E-state index contributed by atoms with van der Waals surface area (Å²) in [6.07, 6.45) is 1.79. The van der Waals surface area contributed by atoms with E-state index in [9.17, 15) is 4.79 Å². The number of nitrogens with zero attached hydrogens (tertiary/aromatic N) is 3. The number of carbonyl (C=O) groups excluding carboxylic acids is 1. The van der Waals surface area contributed by atoms with Crippen LogP contribution in [0.4, 0.5) is 0 Å². The van der Waals surface area contributed by atoms with Crippen molar-refractivity contribution in [2.45, 2.75) is 39.7 Å². The van der Waals surface area contributed by atoms with E-state index in [0.717, 1.165) is 46.3 Å². The summed E-state index contributed by atoms with van der Waals surface area (Å²) in [6, 6.07) is 5.90. The first-order chi connectivity index (χ1) is 11.6. The molecule has 1 fully saturated rings. The molecule has 0 spiro atoms. The maximum absolute atomic E-state index is 13.1. The summed E-state index contributed by atoms with van der Waals surface area (Å²) in [5.74, 6) is 0.322. The summed E-state index contributed by atoms with van der Waals surface area (Å²) in [4.78, 5) is 14.9. The van der Waals surface area contributed by atoms with Gasteiger partial charge < -0.3 is 9.32 Å². The molecule has 1 aliphatic rings. The lowest BCUT2D eigenvalue weighted by atomic mass is 10.1. The highest BCUT2D eigenvalue weighted by Gasteiger charge is 2.36. The van der Waals surface area contributed by atoms with E-state index in [1.54, 1.807) is 0 Å². The second-order valence-corrected chi connectivity index (χ2v) is 6.45. The first-order valence-corrected chi connectivity index (χ1v) is 8.16. The number of aryl methyl sites for hydroxylation is 3. The van der Waals surface area contributed by atoms with Crippen LogP contribution in [0.1, 0.15) is 52.0 Å². The largest absolute Gasteiger partial charge is 0.451 e. The Morgan fingerprint density at radius 3 is 2.83 bits per heavy atom. The van der Waals surface area contributed by atoms with Crippen LogP contribution in [0.25, 0.3) is 11.0 Å². The van der Waals surface area contributed by atoms with Gasteiger partial charge in [0.05, 0.1) is 6.04 Å². The first kappa shape index (κ1) is 14.9. The third kappa shape index (κ3) is 2.21. The molecule has 24 heavy (non-hydrogen) atoms. The predicted octanol–water partition coefficient (Wildman–Crippen LogP) is 3.72. The van der Waals surface area contributed by atoms with Crippen LogP contribution in [-0.2, 0) is 0 Å². The van der Waals surface area contributed by atoms with Gasteiger partial charge in [0.25, 0.3) is 5.91 Å². The fourth-order valence-electron chi connectivity index (χ4n) is 3.50. The van der Waals surface area contributed by atoms with Crippen molar-refractivity contribution in [2.24, 2.45) is 0 Å². The minimum absolute atomic E-state index is 0.0914. The quantitative estimate of drug-likeness (QED) is 0.718. The third-order valence-corrected chi connectivity index (χ3v) is 4.80. The minimum atomic E-state index is -0.0990. The smallest absolute Gasteiger partial charge is 0.290 e. The Balaban J connectivity index is 1.73. The highest BCUT2D eigenvalue weighted by molar-refractivity contribution is 5.99. The molecule has 0 aliphatic carbocycles. The molecule has 6 nitrogen and oxygen atoms in total. The molecular formula is C18H19N3O3. The van der Waals surface area contributed by atoms with Crippen LogP contribution in [0.3, 0.4) is 0 Å². The Labute approximate surface area is 139 Å². The van der Waals surface area contributed by atoms with Crippen molar-refractivity contribution in [1.82, 2.24) is 15.2 Å². The van der Waals surface area contributed by atoms with Gasteiger partial charge in [-0.05, 0) is 45.2 Å². The lowest BCUT2D eigenvalue weighted by molar-refractivity contribution is 0.0699. The molecule has 3 heterocycles. The molecule has 4 rings (SSSR count). The predicted molar refractivity (Wildman–Crippen MR) is 87.7 cm³/mol. The van der Waals surface area contributed by atoms with Gasteiger partial charge in [-0.25, -0.2) is 4.63 Å².